The monoisotopic (exact) mass is 370 g/mol. The van der Waals surface area contributed by atoms with Gasteiger partial charge in [-0.25, -0.2) is 0 Å². The second kappa shape index (κ2) is 6.92. The van der Waals surface area contributed by atoms with Crippen molar-refractivity contribution in [2.24, 2.45) is 0 Å². The highest BCUT2D eigenvalue weighted by atomic mass is 35.5. The van der Waals surface area contributed by atoms with Crippen molar-refractivity contribution in [2.75, 3.05) is 0 Å². The van der Waals surface area contributed by atoms with Gasteiger partial charge in [-0.2, -0.15) is 0 Å². The summed E-state index contributed by atoms with van der Waals surface area (Å²) in [6, 6.07) is 12.1. The van der Waals surface area contributed by atoms with Crippen LogP contribution in [0, 0.1) is 6.92 Å². The van der Waals surface area contributed by atoms with Crippen molar-refractivity contribution in [2.45, 2.75) is 57.0 Å². The molecule has 1 aliphatic carbocycles. The Bertz CT molecular complexity index is 901. The van der Waals surface area contributed by atoms with E-state index in [4.69, 9.17) is 11.6 Å². The van der Waals surface area contributed by atoms with E-state index < -0.39 is 0 Å². The van der Waals surface area contributed by atoms with Crippen molar-refractivity contribution in [3.8, 4) is 0 Å². The minimum absolute atomic E-state index is 0.0591. The molecule has 1 saturated heterocycles. The van der Waals surface area contributed by atoms with Crippen molar-refractivity contribution in [3.63, 3.8) is 0 Å². The highest BCUT2D eigenvalue weighted by Gasteiger charge is 2.32. The average Bonchev–Trinajstić information content (AvgIpc) is 3.37. The van der Waals surface area contributed by atoms with Crippen molar-refractivity contribution >= 4 is 17.5 Å². The number of pyridine rings is 1. The molecule has 2 atom stereocenters. The molecule has 1 aromatic carbocycles. The topological polar surface area (TPSA) is 51.1 Å². The zero-order chi connectivity index (χ0) is 18.3. The number of benzene rings is 1. The fourth-order valence-electron chi connectivity index (χ4n) is 3.98. The SMILES string of the molecule is Cc1cc(C(C[C@H]2CCC(=O)N2)c2cccc(=O)n2C2CC2)ccc1Cl. The molecule has 0 spiro atoms. The molecule has 2 fully saturated rings. The summed E-state index contributed by atoms with van der Waals surface area (Å²) in [7, 11) is 0. The first-order chi connectivity index (χ1) is 12.5. The molecule has 1 unspecified atom stereocenters. The molecule has 4 nitrogen and oxygen atoms in total. The largest absolute Gasteiger partial charge is 0.353 e. The second-order valence-corrected chi connectivity index (χ2v) is 7.90. The molecule has 0 radical (unpaired) electrons. The number of carbonyl (C=O) groups is 1. The quantitative estimate of drug-likeness (QED) is 0.866. The Morgan fingerprint density at radius 3 is 2.65 bits per heavy atom. The summed E-state index contributed by atoms with van der Waals surface area (Å²) in [5.41, 5.74) is 3.29. The number of nitrogens with zero attached hydrogens (tertiary/aromatic N) is 1. The third-order valence-electron chi connectivity index (χ3n) is 5.48. The Hall–Kier alpha value is -2.07. The Morgan fingerprint density at radius 2 is 2.00 bits per heavy atom. The third kappa shape index (κ3) is 3.43. The van der Waals surface area contributed by atoms with Gasteiger partial charge in [0.05, 0.1) is 0 Å². The smallest absolute Gasteiger partial charge is 0.250 e. The van der Waals surface area contributed by atoms with Gasteiger partial charge in [0.15, 0.2) is 0 Å². The van der Waals surface area contributed by atoms with Gasteiger partial charge >= 0.3 is 0 Å². The van der Waals surface area contributed by atoms with Gasteiger partial charge in [-0.05, 0) is 55.9 Å². The van der Waals surface area contributed by atoms with Gasteiger partial charge in [0.25, 0.3) is 5.56 Å². The number of rotatable bonds is 5. The number of hydrogen-bond donors (Lipinski definition) is 1. The summed E-state index contributed by atoms with van der Waals surface area (Å²) in [6.07, 6.45) is 4.35. The van der Waals surface area contributed by atoms with Crippen LogP contribution < -0.4 is 10.9 Å². The van der Waals surface area contributed by atoms with E-state index in [-0.39, 0.29) is 23.4 Å². The molecule has 1 aromatic heterocycles. The summed E-state index contributed by atoms with van der Waals surface area (Å²) in [5.74, 6) is 0.178. The van der Waals surface area contributed by atoms with Crippen molar-refractivity contribution in [3.05, 3.63) is 68.6 Å². The molecule has 0 bridgehead atoms. The molecule has 1 N–H and O–H groups in total. The molecule has 4 rings (SSSR count). The molecule has 26 heavy (non-hydrogen) atoms. The van der Waals surface area contributed by atoms with Crippen LogP contribution in [-0.4, -0.2) is 16.5 Å². The van der Waals surface area contributed by atoms with Crippen molar-refractivity contribution in [1.29, 1.82) is 0 Å². The summed E-state index contributed by atoms with van der Waals surface area (Å²) in [5, 5.41) is 3.82. The Balaban J connectivity index is 1.77. The highest BCUT2D eigenvalue weighted by Crippen LogP contribution is 2.39. The van der Waals surface area contributed by atoms with Crippen LogP contribution in [0.25, 0.3) is 0 Å². The molecule has 1 saturated carbocycles. The van der Waals surface area contributed by atoms with E-state index >= 15 is 0 Å². The van der Waals surface area contributed by atoms with Gasteiger partial charge < -0.3 is 9.88 Å². The number of carbonyl (C=O) groups excluding carboxylic acids is 1. The summed E-state index contributed by atoms with van der Waals surface area (Å²) in [6.45, 7) is 2.00. The Labute approximate surface area is 158 Å². The molecule has 1 amide bonds. The van der Waals surface area contributed by atoms with E-state index in [0.29, 0.717) is 12.5 Å². The van der Waals surface area contributed by atoms with Gasteiger partial charge in [-0.1, -0.05) is 29.8 Å². The first kappa shape index (κ1) is 17.3. The van der Waals surface area contributed by atoms with Gasteiger partial charge in [-0.3, -0.25) is 9.59 Å². The Morgan fingerprint density at radius 1 is 1.19 bits per heavy atom. The van der Waals surface area contributed by atoms with Crippen LogP contribution >= 0.6 is 11.6 Å². The molecule has 5 heteroatoms. The maximum Gasteiger partial charge on any atom is 0.250 e. The first-order valence-corrected chi connectivity index (χ1v) is 9.67. The predicted molar refractivity (Wildman–Crippen MR) is 103 cm³/mol. The zero-order valence-electron chi connectivity index (χ0n) is 14.9. The minimum atomic E-state index is 0.0591. The Kier molecular flexibility index (Phi) is 4.62. The number of hydrogen-bond acceptors (Lipinski definition) is 2. The fraction of sp³-hybridized carbons (Fsp3) is 0.429. The second-order valence-electron chi connectivity index (χ2n) is 7.49. The summed E-state index contributed by atoms with van der Waals surface area (Å²) >= 11 is 6.23. The third-order valence-corrected chi connectivity index (χ3v) is 5.90. The van der Waals surface area contributed by atoms with Crippen LogP contribution in [0.3, 0.4) is 0 Å². The predicted octanol–water partition coefficient (Wildman–Crippen LogP) is 3.95. The number of halogens is 1. The molecular weight excluding hydrogens is 348 g/mol. The summed E-state index contributed by atoms with van der Waals surface area (Å²) in [4.78, 5) is 24.2. The number of aryl methyl sites for hydroxylation is 1. The molecular formula is C21H23ClN2O2. The van der Waals surface area contributed by atoms with E-state index in [2.05, 4.69) is 17.4 Å². The van der Waals surface area contributed by atoms with Crippen LogP contribution in [0.2, 0.25) is 5.02 Å². The van der Waals surface area contributed by atoms with Crippen LogP contribution in [0.15, 0.2) is 41.2 Å². The van der Waals surface area contributed by atoms with E-state index in [0.717, 1.165) is 47.5 Å². The standard InChI is InChI=1S/C21H23ClN2O2/c1-13-11-14(5-9-18(13)22)17(12-15-6-10-20(25)23-15)19-3-2-4-21(26)24(19)16-7-8-16/h2-5,9,11,15-17H,6-8,10,12H2,1H3,(H,23,25)/t15-,17?/m1/s1. The molecule has 2 aliphatic rings. The van der Waals surface area contributed by atoms with E-state index in [1.54, 1.807) is 6.07 Å². The van der Waals surface area contributed by atoms with Crippen molar-refractivity contribution < 1.29 is 4.79 Å². The number of amides is 1. The van der Waals surface area contributed by atoms with E-state index in [1.807, 2.05) is 29.7 Å². The molecule has 2 heterocycles. The van der Waals surface area contributed by atoms with E-state index in [9.17, 15) is 9.59 Å². The lowest BCUT2D eigenvalue weighted by molar-refractivity contribution is -0.119. The van der Waals surface area contributed by atoms with Crippen molar-refractivity contribution in [1.82, 2.24) is 9.88 Å². The summed E-state index contributed by atoms with van der Waals surface area (Å²) < 4.78 is 1.96. The van der Waals surface area contributed by atoms with E-state index in [1.165, 1.54) is 0 Å². The molecule has 136 valence electrons. The normalized spacial score (nSPS) is 20.8. The number of aromatic nitrogens is 1. The first-order valence-electron chi connectivity index (χ1n) is 9.30. The van der Waals surface area contributed by atoms with Crippen LogP contribution in [0.1, 0.15) is 60.9 Å². The molecule has 2 aromatic rings. The van der Waals surface area contributed by atoms with Gasteiger partial charge in [-0.15, -0.1) is 0 Å². The molecule has 1 aliphatic heterocycles. The fourth-order valence-corrected chi connectivity index (χ4v) is 4.09. The minimum Gasteiger partial charge on any atom is -0.353 e. The lowest BCUT2D eigenvalue weighted by atomic mass is 9.87. The van der Waals surface area contributed by atoms with Crippen LogP contribution in [0.5, 0.6) is 0 Å². The van der Waals surface area contributed by atoms with Gasteiger partial charge in [0, 0.05) is 41.2 Å². The van der Waals surface area contributed by atoms with Crippen LogP contribution in [0.4, 0.5) is 0 Å². The zero-order valence-corrected chi connectivity index (χ0v) is 15.6. The van der Waals surface area contributed by atoms with Crippen LogP contribution in [-0.2, 0) is 4.79 Å². The lowest BCUT2D eigenvalue weighted by Gasteiger charge is -2.25. The number of nitrogens with one attached hydrogen (secondary N) is 1. The van der Waals surface area contributed by atoms with Gasteiger partial charge in [0.1, 0.15) is 0 Å². The van der Waals surface area contributed by atoms with Gasteiger partial charge in [0.2, 0.25) is 5.91 Å². The maximum atomic E-state index is 12.5. The maximum absolute atomic E-state index is 12.5. The lowest BCUT2D eigenvalue weighted by Crippen LogP contribution is -2.30. The highest BCUT2D eigenvalue weighted by molar-refractivity contribution is 6.31. The average molecular weight is 371 g/mol.